The van der Waals surface area contributed by atoms with Crippen molar-refractivity contribution in [2.45, 2.75) is 12.8 Å². The molecule has 0 fully saturated rings. The fraction of sp³-hybridized carbons (Fsp3) is 0.133. The Hall–Kier alpha value is -2.10. The van der Waals surface area contributed by atoms with Gasteiger partial charge in [-0.05, 0) is 36.2 Å². The van der Waals surface area contributed by atoms with E-state index in [1.807, 2.05) is 0 Å². The van der Waals surface area contributed by atoms with Crippen molar-refractivity contribution in [1.29, 1.82) is 0 Å². The summed E-state index contributed by atoms with van der Waals surface area (Å²) in [5.74, 6) is -2.24. The highest BCUT2D eigenvalue weighted by Crippen LogP contribution is 2.12. The van der Waals surface area contributed by atoms with Crippen LogP contribution in [0.3, 0.4) is 0 Å². The number of rotatable bonds is 4. The largest absolute Gasteiger partial charge is 0.294 e. The third-order valence-corrected chi connectivity index (χ3v) is 2.74. The predicted octanol–water partition coefficient (Wildman–Crippen LogP) is 3.92. The van der Waals surface area contributed by atoms with E-state index in [2.05, 4.69) is 0 Å². The van der Waals surface area contributed by atoms with E-state index in [4.69, 9.17) is 0 Å². The van der Waals surface area contributed by atoms with Crippen molar-refractivity contribution in [3.05, 3.63) is 71.0 Å². The first-order chi connectivity index (χ1) is 9.04. The summed E-state index contributed by atoms with van der Waals surface area (Å²) in [6.07, 6.45) is 0.520. The summed E-state index contributed by atoms with van der Waals surface area (Å²) in [6, 6.07) is 8.51. The van der Waals surface area contributed by atoms with Crippen LogP contribution in [0.2, 0.25) is 0 Å². The Morgan fingerprint density at radius 2 is 1.42 bits per heavy atom. The number of hydrogen-bond acceptors (Lipinski definition) is 1. The van der Waals surface area contributed by atoms with Gasteiger partial charge >= 0.3 is 0 Å². The van der Waals surface area contributed by atoms with Crippen LogP contribution in [0.15, 0.2) is 42.5 Å². The third-order valence-electron chi connectivity index (χ3n) is 2.74. The van der Waals surface area contributed by atoms with Gasteiger partial charge in [0.2, 0.25) is 0 Å². The minimum Gasteiger partial charge on any atom is -0.294 e. The molecule has 0 heterocycles. The second-order valence-electron chi connectivity index (χ2n) is 4.21. The van der Waals surface area contributed by atoms with Crippen molar-refractivity contribution in [2.24, 2.45) is 0 Å². The fourth-order valence-corrected chi connectivity index (χ4v) is 1.77. The van der Waals surface area contributed by atoms with Crippen LogP contribution in [0.25, 0.3) is 0 Å². The molecule has 2 aromatic rings. The van der Waals surface area contributed by atoms with Gasteiger partial charge in [0, 0.05) is 18.1 Å². The van der Waals surface area contributed by atoms with Crippen molar-refractivity contribution in [2.75, 3.05) is 0 Å². The molecule has 0 saturated heterocycles. The molecule has 0 saturated carbocycles. The van der Waals surface area contributed by atoms with Gasteiger partial charge in [0.1, 0.15) is 17.5 Å². The number of halogens is 3. The number of Topliss-reactive ketones (excluding diaryl/α,β-unsaturated/α-hetero) is 1. The van der Waals surface area contributed by atoms with E-state index < -0.39 is 11.6 Å². The summed E-state index contributed by atoms with van der Waals surface area (Å²) in [6.45, 7) is 0. The summed E-state index contributed by atoms with van der Waals surface area (Å²) in [5, 5.41) is 0. The number of carbonyl (C=O) groups is 1. The molecule has 0 unspecified atom stereocenters. The lowest BCUT2D eigenvalue weighted by Crippen LogP contribution is -2.02. The van der Waals surface area contributed by atoms with Gasteiger partial charge in [-0.1, -0.05) is 12.1 Å². The maximum absolute atomic E-state index is 13.0. The Balaban J connectivity index is 2.03. The summed E-state index contributed by atoms with van der Waals surface area (Å²) in [7, 11) is 0. The number of ketones is 1. The highest BCUT2D eigenvalue weighted by atomic mass is 19.1. The molecule has 0 aliphatic rings. The second kappa shape index (κ2) is 5.69. The van der Waals surface area contributed by atoms with E-state index in [1.165, 1.54) is 12.1 Å². The zero-order valence-corrected chi connectivity index (χ0v) is 10.00. The van der Waals surface area contributed by atoms with Gasteiger partial charge in [-0.25, -0.2) is 13.2 Å². The molecule has 0 aliphatic carbocycles. The molecule has 0 N–H and O–H groups in total. The minimum atomic E-state index is -0.773. The Morgan fingerprint density at radius 3 is 2.00 bits per heavy atom. The normalized spacial score (nSPS) is 10.5. The standard InChI is InChI=1S/C15H11F3O/c16-12-4-1-10(2-5-12)3-6-15(19)11-7-13(17)9-14(18)8-11/h1-2,4-5,7-9H,3,6H2. The van der Waals surface area contributed by atoms with E-state index in [-0.39, 0.29) is 23.6 Å². The fourth-order valence-electron chi connectivity index (χ4n) is 1.77. The van der Waals surface area contributed by atoms with E-state index in [0.717, 1.165) is 23.8 Å². The van der Waals surface area contributed by atoms with Crippen molar-refractivity contribution in [3.8, 4) is 0 Å². The Kier molecular flexibility index (Phi) is 4.00. The number of benzene rings is 2. The zero-order chi connectivity index (χ0) is 13.8. The molecular formula is C15H11F3O. The van der Waals surface area contributed by atoms with Crippen LogP contribution in [-0.2, 0) is 6.42 Å². The summed E-state index contributed by atoms with van der Waals surface area (Å²) < 4.78 is 38.6. The van der Waals surface area contributed by atoms with Gasteiger partial charge in [-0.3, -0.25) is 4.79 Å². The van der Waals surface area contributed by atoms with Gasteiger partial charge in [0.15, 0.2) is 5.78 Å². The van der Waals surface area contributed by atoms with Gasteiger partial charge in [0.25, 0.3) is 0 Å². The first-order valence-corrected chi connectivity index (χ1v) is 5.78. The molecule has 4 heteroatoms. The lowest BCUT2D eigenvalue weighted by Gasteiger charge is -2.03. The van der Waals surface area contributed by atoms with Gasteiger partial charge in [-0.2, -0.15) is 0 Å². The molecule has 19 heavy (non-hydrogen) atoms. The Bertz CT molecular complexity index is 571. The smallest absolute Gasteiger partial charge is 0.163 e. The highest BCUT2D eigenvalue weighted by molar-refractivity contribution is 5.96. The van der Waals surface area contributed by atoms with Crippen molar-refractivity contribution >= 4 is 5.78 Å². The SMILES string of the molecule is O=C(CCc1ccc(F)cc1)c1cc(F)cc(F)c1. The minimum absolute atomic E-state index is 0.0135. The van der Waals surface area contributed by atoms with Crippen molar-refractivity contribution in [1.82, 2.24) is 0 Å². The molecule has 98 valence electrons. The van der Waals surface area contributed by atoms with Crippen LogP contribution < -0.4 is 0 Å². The van der Waals surface area contributed by atoms with Crippen LogP contribution in [0.1, 0.15) is 22.3 Å². The molecule has 0 radical (unpaired) electrons. The number of hydrogen-bond donors (Lipinski definition) is 0. The lowest BCUT2D eigenvalue weighted by molar-refractivity contribution is 0.0982. The van der Waals surface area contributed by atoms with Crippen molar-refractivity contribution in [3.63, 3.8) is 0 Å². The van der Waals surface area contributed by atoms with E-state index in [9.17, 15) is 18.0 Å². The Morgan fingerprint density at radius 1 is 0.842 bits per heavy atom. The quantitative estimate of drug-likeness (QED) is 0.765. The highest BCUT2D eigenvalue weighted by Gasteiger charge is 2.09. The van der Waals surface area contributed by atoms with Gasteiger partial charge in [0.05, 0.1) is 0 Å². The molecule has 2 rings (SSSR count). The molecule has 0 aromatic heterocycles. The topological polar surface area (TPSA) is 17.1 Å². The predicted molar refractivity (Wildman–Crippen MR) is 65.4 cm³/mol. The summed E-state index contributed by atoms with van der Waals surface area (Å²) in [5.41, 5.74) is 0.811. The Labute approximate surface area is 108 Å². The molecule has 0 atom stereocenters. The molecule has 0 amide bonds. The molecule has 0 aliphatic heterocycles. The number of carbonyl (C=O) groups excluding carboxylic acids is 1. The molecule has 1 nitrogen and oxygen atoms in total. The molecular weight excluding hydrogens is 253 g/mol. The second-order valence-corrected chi connectivity index (χ2v) is 4.21. The first-order valence-electron chi connectivity index (χ1n) is 5.78. The maximum atomic E-state index is 13.0. The average molecular weight is 264 g/mol. The van der Waals surface area contributed by atoms with Gasteiger partial charge < -0.3 is 0 Å². The summed E-state index contributed by atoms with van der Waals surface area (Å²) >= 11 is 0. The summed E-state index contributed by atoms with van der Waals surface area (Å²) in [4.78, 5) is 11.8. The van der Waals surface area contributed by atoms with E-state index >= 15 is 0 Å². The van der Waals surface area contributed by atoms with Gasteiger partial charge in [-0.15, -0.1) is 0 Å². The van der Waals surface area contributed by atoms with Crippen LogP contribution in [0.5, 0.6) is 0 Å². The average Bonchev–Trinajstić information content (AvgIpc) is 2.36. The van der Waals surface area contributed by atoms with E-state index in [1.54, 1.807) is 12.1 Å². The van der Waals surface area contributed by atoms with Crippen LogP contribution >= 0.6 is 0 Å². The molecule has 0 spiro atoms. The lowest BCUT2D eigenvalue weighted by atomic mass is 10.0. The third kappa shape index (κ3) is 3.68. The molecule has 0 bridgehead atoms. The van der Waals surface area contributed by atoms with Crippen LogP contribution in [-0.4, -0.2) is 5.78 Å². The van der Waals surface area contributed by atoms with Crippen LogP contribution in [0.4, 0.5) is 13.2 Å². The monoisotopic (exact) mass is 264 g/mol. The zero-order valence-electron chi connectivity index (χ0n) is 10.00. The van der Waals surface area contributed by atoms with Crippen LogP contribution in [0, 0.1) is 17.5 Å². The first kappa shape index (κ1) is 13.3. The van der Waals surface area contributed by atoms with Crippen molar-refractivity contribution < 1.29 is 18.0 Å². The molecule has 2 aromatic carbocycles. The number of aryl methyl sites for hydroxylation is 1. The maximum Gasteiger partial charge on any atom is 0.163 e. The van der Waals surface area contributed by atoms with E-state index in [0.29, 0.717) is 6.42 Å².